The molecule has 0 spiro atoms. The molecule has 0 radical (unpaired) electrons. The van der Waals surface area contributed by atoms with Crippen LogP contribution in [0.3, 0.4) is 0 Å². The van der Waals surface area contributed by atoms with Crippen molar-refractivity contribution in [2.45, 2.75) is 20.8 Å². The Morgan fingerprint density at radius 3 is 2.36 bits per heavy atom. The molecular weight excluding hydrogens is 412 g/mol. The van der Waals surface area contributed by atoms with E-state index in [1.54, 1.807) is 4.68 Å². The Labute approximate surface area is 191 Å². The van der Waals surface area contributed by atoms with E-state index in [1.165, 1.54) is 0 Å². The Hall–Kier alpha value is -4.26. The molecule has 7 heteroatoms. The lowest BCUT2D eigenvalue weighted by atomic mass is 10.0. The molecule has 0 fully saturated rings. The lowest BCUT2D eigenvalue weighted by Gasteiger charge is -2.14. The SMILES string of the molecule is Cc1cc(C)n(-c2ccccc2NC(=O)c2cc(-c3ccccc3)nc3c2c(C)nn3C)n1. The highest BCUT2D eigenvalue weighted by molar-refractivity contribution is 6.13. The summed E-state index contributed by atoms with van der Waals surface area (Å²) in [5.74, 6) is -0.218. The van der Waals surface area contributed by atoms with Crippen molar-refractivity contribution in [1.29, 1.82) is 0 Å². The summed E-state index contributed by atoms with van der Waals surface area (Å²) < 4.78 is 3.56. The minimum absolute atomic E-state index is 0.218. The number of benzene rings is 2. The van der Waals surface area contributed by atoms with Crippen LogP contribution in [0, 0.1) is 20.8 Å². The first-order valence-corrected chi connectivity index (χ1v) is 10.8. The fourth-order valence-corrected chi connectivity index (χ4v) is 4.21. The second kappa shape index (κ2) is 8.02. The molecule has 3 heterocycles. The molecule has 164 valence electrons. The predicted octanol–water partition coefficient (Wildman–Crippen LogP) is 5.00. The topological polar surface area (TPSA) is 77.6 Å². The van der Waals surface area contributed by atoms with Crippen LogP contribution in [0.1, 0.15) is 27.4 Å². The summed E-state index contributed by atoms with van der Waals surface area (Å²) in [7, 11) is 1.84. The van der Waals surface area contributed by atoms with Crippen molar-refractivity contribution in [1.82, 2.24) is 24.5 Å². The Balaban J connectivity index is 1.62. The molecular formula is C26H24N6O. The summed E-state index contributed by atoms with van der Waals surface area (Å²) in [6.45, 7) is 5.84. The summed E-state index contributed by atoms with van der Waals surface area (Å²) in [5, 5.41) is 13.0. The monoisotopic (exact) mass is 436 g/mol. The van der Waals surface area contributed by atoms with Crippen LogP contribution in [-0.2, 0) is 7.05 Å². The molecule has 7 nitrogen and oxygen atoms in total. The number of nitrogens with one attached hydrogen (secondary N) is 1. The predicted molar refractivity (Wildman–Crippen MR) is 130 cm³/mol. The maximum absolute atomic E-state index is 13.6. The number of para-hydroxylation sites is 2. The van der Waals surface area contributed by atoms with Crippen molar-refractivity contribution in [2.24, 2.45) is 7.05 Å². The highest BCUT2D eigenvalue weighted by atomic mass is 16.1. The van der Waals surface area contributed by atoms with Gasteiger partial charge in [-0.3, -0.25) is 9.48 Å². The van der Waals surface area contributed by atoms with Crippen LogP contribution in [0.4, 0.5) is 5.69 Å². The van der Waals surface area contributed by atoms with Crippen LogP contribution in [0.25, 0.3) is 28.0 Å². The number of hydrogen-bond donors (Lipinski definition) is 1. The Morgan fingerprint density at radius 2 is 1.64 bits per heavy atom. The van der Waals surface area contributed by atoms with Crippen LogP contribution in [0.2, 0.25) is 0 Å². The summed E-state index contributed by atoms with van der Waals surface area (Å²) in [5.41, 5.74) is 7.04. The van der Waals surface area contributed by atoms with Crippen LogP contribution < -0.4 is 5.32 Å². The van der Waals surface area contributed by atoms with Gasteiger partial charge in [0, 0.05) is 18.3 Å². The van der Waals surface area contributed by atoms with Gasteiger partial charge in [-0.15, -0.1) is 0 Å². The second-order valence-electron chi connectivity index (χ2n) is 8.14. The summed E-state index contributed by atoms with van der Waals surface area (Å²) in [6, 6.07) is 21.4. The molecule has 0 saturated carbocycles. The van der Waals surface area contributed by atoms with E-state index in [4.69, 9.17) is 4.98 Å². The molecule has 3 aromatic heterocycles. The van der Waals surface area contributed by atoms with E-state index >= 15 is 0 Å². The maximum atomic E-state index is 13.6. The van der Waals surface area contributed by atoms with Gasteiger partial charge in [0.2, 0.25) is 0 Å². The molecule has 0 aliphatic carbocycles. The van der Waals surface area contributed by atoms with Crippen molar-refractivity contribution < 1.29 is 4.79 Å². The van der Waals surface area contributed by atoms with E-state index < -0.39 is 0 Å². The minimum Gasteiger partial charge on any atom is -0.320 e. The lowest BCUT2D eigenvalue weighted by Crippen LogP contribution is -2.15. The molecule has 0 aliphatic rings. The molecule has 1 amide bonds. The zero-order valence-electron chi connectivity index (χ0n) is 19.0. The number of nitrogens with zero attached hydrogens (tertiary/aromatic N) is 5. The third kappa shape index (κ3) is 3.67. The molecule has 5 aromatic rings. The quantitative estimate of drug-likeness (QED) is 0.430. The summed E-state index contributed by atoms with van der Waals surface area (Å²) in [6.07, 6.45) is 0. The number of hydrogen-bond acceptors (Lipinski definition) is 4. The molecule has 5 rings (SSSR count). The van der Waals surface area contributed by atoms with Crippen molar-refractivity contribution >= 4 is 22.6 Å². The summed E-state index contributed by atoms with van der Waals surface area (Å²) >= 11 is 0. The van der Waals surface area contributed by atoms with Crippen LogP contribution in [-0.4, -0.2) is 30.5 Å². The second-order valence-corrected chi connectivity index (χ2v) is 8.14. The first kappa shape index (κ1) is 20.6. The number of anilines is 1. The van der Waals surface area contributed by atoms with Gasteiger partial charge in [0.15, 0.2) is 5.65 Å². The van der Waals surface area contributed by atoms with E-state index in [0.29, 0.717) is 16.9 Å². The largest absolute Gasteiger partial charge is 0.320 e. The van der Waals surface area contributed by atoms with Gasteiger partial charge in [0.05, 0.1) is 39.4 Å². The number of aryl methyl sites for hydroxylation is 4. The van der Waals surface area contributed by atoms with E-state index in [-0.39, 0.29) is 5.91 Å². The highest BCUT2D eigenvalue weighted by Crippen LogP contribution is 2.28. The first-order chi connectivity index (χ1) is 15.9. The molecule has 0 atom stereocenters. The zero-order valence-corrected chi connectivity index (χ0v) is 19.0. The number of rotatable bonds is 4. The van der Waals surface area contributed by atoms with E-state index in [1.807, 2.05) is 99.2 Å². The van der Waals surface area contributed by atoms with Crippen LogP contribution in [0.15, 0.2) is 66.7 Å². The fourth-order valence-electron chi connectivity index (χ4n) is 4.21. The minimum atomic E-state index is -0.218. The molecule has 0 saturated heterocycles. The molecule has 33 heavy (non-hydrogen) atoms. The van der Waals surface area contributed by atoms with Gasteiger partial charge in [-0.2, -0.15) is 10.2 Å². The van der Waals surface area contributed by atoms with Gasteiger partial charge in [-0.25, -0.2) is 9.67 Å². The molecule has 2 aromatic carbocycles. The van der Waals surface area contributed by atoms with Crippen molar-refractivity contribution in [3.63, 3.8) is 0 Å². The molecule has 0 unspecified atom stereocenters. The van der Waals surface area contributed by atoms with Crippen LogP contribution >= 0.6 is 0 Å². The third-order valence-corrected chi connectivity index (χ3v) is 5.67. The van der Waals surface area contributed by atoms with Gasteiger partial charge in [0.1, 0.15) is 0 Å². The zero-order chi connectivity index (χ0) is 23.1. The summed E-state index contributed by atoms with van der Waals surface area (Å²) in [4.78, 5) is 18.4. The average Bonchev–Trinajstić information content (AvgIpc) is 3.31. The van der Waals surface area contributed by atoms with Gasteiger partial charge in [-0.1, -0.05) is 42.5 Å². The smallest absolute Gasteiger partial charge is 0.256 e. The standard InChI is InChI=1S/C26H24N6O/c1-16-14-17(2)32(29-16)23-13-9-8-12-21(23)28-26(33)20-15-22(19-10-6-5-7-11-19)27-25-24(20)18(3)30-31(25)4/h5-15H,1-4H3,(H,28,33). The number of pyridine rings is 1. The third-order valence-electron chi connectivity index (χ3n) is 5.67. The van der Waals surface area contributed by atoms with Crippen molar-refractivity contribution in [3.05, 3.63) is 89.4 Å². The number of carbonyl (C=O) groups excluding carboxylic acids is 1. The lowest BCUT2D eigenvalue weighted by molar-refractivity contribution is 0.102. The number of amides is 1. The van der Waals surface area contributed by atoms with Gasteiger partial charge in [-0.05, 0) is 45.0 Å². The normalized spacial score (nSPS) is 11.2. The highest BCUT2D eigenvalue weighted by Gasteiger charge is 2.20. The van der Waals surface area contributed by atoms with Crippen LogP contribution in [0.5, 0.6) is 0 Å². The maximum Gasteiger partial charge on any atom is 0.256 e. The number of fused-ring (bicyclic) bond motifs is 1. The van der Waals surface area contributed by atoms with Gasteiger partial charge in [0.25, 0.3) is 5.91 Å². The van der Waals surface area contributed by atoms with Crippen molar-refractivity contribution in [3.8, 4) is 16.9 Å². The molecule has 1 N–H and O–H groups in total. The Kier molecular flexibility index (Phi) is 5.01. The fraction of sp³-hybridized carbons (Fsp3) is 0.154. The van der Waals surface area contributed by atoms with Crippen molar-refractivity contribution in [2.75, 3.05) is 5.32 Å². The average molecular weight is 437 g/mol. The van der Waals surface area contributed by atoms with E-state index in [0.717, 1.165) is 39.4 Å². The number of carbonyl (C=O) groups is 1. The number of aromatic nitrogens is 5. The first-order valence-electron chi connectivity index (χ1n) is 10.8. The Bertz CT molecular complexity index is 1500. The van der Waals surface area contributed by atoms with E-state index in [9.17, 15) is 4.79 Å². The van der Waals surface area contributed by atoms with E-state index in [2.05, 4.69) is 15.5 Å². The molecule has 0 aliphatic heterocycles. The Morgan fingerprint density at radius 1 is 0.909 bits per heavy atom. The molecule has 0 bridgehead atoms. The van der Waals surface area contributed by atoms with Gasteiger partial charge < -0.3 is 5.32 Å². The van der Waals surface area contributed by atoms with Gasteiger partial charge >= 0.3 is 0 Å².